The van der Waals surface area contributed by atoms with Crippen molar-refractivity contribution in [3.63, 3.8) is 0 Å². The summed E-state index contributed by atoms with van der Waals surface area (Å²) in [7, 11) is 1.65. The quantitative estimate of drug-likeness (QED) is 0.760. The average Bonchev–Trinajstić information content (AvgIpc) is 2.60. The number of carbonyl (C=O) groups excluding carboxylic acids is 1. The molecule has 0 fully saturated rings. The molecule has 0 aliphatic rings. The molecule has 0 radical (unpaired) electrons. The number of amides is 1. The maximum absolute atomic E-state index is 12.2. The van der Waals surface area contributed by atoms with E-state index in [1.54, 1.807) is 18.9 Å². The van der Waals surface area contributed by atoms with Gasteiger partial charge in [-0.05, 0) is 31.4 Å². The van der Waals surface area contributed by atoms with Crippen molar-refractivity contribution in [3.8, 4) is 5.75 Å². The van der Waals surface area contributed by atoms with Crippen LogP contribution in [0, 0.1) is 0 Å². The van der Waals surface area contributed by atoms with Crippen LogP contribution in [0.2, 0.25) is 0 Å². The Morgan fingerprint density at radius 1 is 1.17 bits per heavy atom. The zero-order chi connectivity index (χ0) is 16.7. The molecule has 0 saturated carbocycles. The summed E-state index contributed by atoms with van der Waals surface area (Å²) < 4.78 is 5.36. The average molecular weight is 330 g/mol. The number of hydrogen-bond donors (Lipinski definition) is 2. The first-order chi connectivity index (χ1) is 11.2. The van der Waals surface area contributed by atoms with Crippen LogP contribution in [-0.2, 0) is 4.79 Å². The minimum atomic E-state index is -0.0618. The number of nitrogens with one attached hydrogen (secondary N) is 2. The lowest BCUT2D eigenvalue weighted by Crippen LogP contribution is -2.30. The van der Waals surface area contributed by atoms with Gasteiger partial charge in [-0.15, -0.1) is 11.8 Å². The summed E-state index contributed by atoms with van der Waals surface area (Å²) >= 11 is 1.61. The molecular weight excluding hydrogens is 308 g/mol. The molecule has 0 aromatic heterocycles. The number of benzene rings is 2. The third kappa shape index (κ3) is 4.74. The number of ether oxygens (including phenoxy) is 1. The SMILES string of the molecule is COc1ccccc1[C@@H](C)NCC(=O)Nc1ccccc1SC. The minimum absolute atomic E-state index is 0.0210. The van der Waals surface area contributed by atoms with Crippen molar-refractivity contribution in [1.29, 1.82) is 0 Å². The molecule has 23 heavy (non-hydrogen) atoms. The maximum Gasteiger partial charge on any atom is 0.238 e. The summed E-state index contributed by atoms with van der Waals surface area (Å²) in [6.45, 7) is 2.25. The summed E-state index contributed by atoms with van der Waals surface area (Å²) in [6, 6.07) is 15.6. The second-order valence-electron chi connectivity index (χ2n) is 5.09. The van der Waals surface area contributed by atoms with Gasteiger partial charge in [0.25, 0.3) is 0 Å². The number of methoxy groups -OCH3 is 1. The number of hydrogen-bond acceptors (Lipinski definition) is 4. The van der Waals surface area contributed by atoms with Gasteiger partial charge in [0.15, 0.2) is 0 Å². The van der Waals surface area contributed by atoms with Gasteiger partial charge in [-0.25, -0.2) is 0 Å². The normalized spacial score (nSPS) is 11.8. The van der Waals surface area contributed by atoms with Gasteiger partial charge in [-0.1, -0.05) is 30.3 Å². The van der Waals surface area contributed by atoms with E-state index < -0.39 is 0 Å². The van der Waals surface area contributed by atoms with Gasteiger partial charge in [0.1, 0.15) is 5.75 Å². The fourth-order valence-corrected chi connectivity index (χ4v) is 2.88. The van der Waals surface area contributed by atoms with Crippen molar-refractivity contribution in [2.45, 2.75) is 17.9 Å². The Hall–Kier alpha value is -1.98. The van der Waals surface area contributed by atoms with Gasteiger partial charge >= 0.3 is 0 Å². The highest BCUT2D eigenvalue weighted by Crippen LogP contribution is 2.25. The van der Waals surface area contributed by atoms with Crippen molar-refractivity contribution < 1.29 is 9.53 Å². The van der Waals surface area contributed by atoms with E-state index in [1.165, 1.54) is 0 Å². The minimum Gasteiger partial charge on any atom is -0.496 e. The van der Waals surface area contributed by atoms with Crippen LogP contribution >= 0.6 is 11.8 Å². The molecule has 0 spiro atoms. The van der Waals surface area contributed by atoms with Crippen LogP contribution in [-0.4, -0.2) is 25.8 Å². The molecule has 2 N–H and O–H groups in total. The van der Waals surface area contributed by atoms with Gasteiger partial charge in [0.2, 0.25) is 5.91 Å². The predicted molar refractivity (Wildman–Crippen MR) is 96.3 cm³/mol. The largest absolute Gasteiger partial charge is 0.496 e. The van der Waals surface area contributed by atoms with Crippen LogP contribution < -0.4 is 15.4 Å². The van der Waals surface area contributed by atoms with Crippen LogP contribution in [0.5, 0.6) is 5.75 Å². The van der Waals surface area contributed by atoms with Gasteiger partial charge in [0, 0.05) is 16.5 Å². The fraction of sp³-hybridized carbons (Fsp3) is 0.278. The lowest BCUT2D eigenvalue weighted by atomic mass is 10.1. The number of anilines is 1. The Labute approximate surface area is 141 Å². The molecule has 5 heteroatoms. The first-order valence-corrected chi connectivity index (χ1v) is 8.67. The summed E-state index contributed by atoms with van der Waals surface area (Å²) in [5.41, 5.74) is 1.88. The van der Waals surface area contributed by atoms with Crippen LogP contribution in [0.1, 0.15) is 18.5 Å². The van der Waals surface area contributed by atoms with E-state index in [0.717, 1.165) is 21.9 Å². The Balaban J connectivity index is 1.94. The van der Waals surface area contributed by atoms with Crippen molar-refractivity contribution >= 4 is 23.4 Å². The molecular formula is C18H22N2O2S. The maximum atomic E-state index is 12.2. The molecule has 2 aromatic carbocycles. The van der Waals surface area contributed by atoms with E-state index in [1.807, 2.05) is 61.7 Å². The zero-order valence-electron chi connectivity index (χ0n) is 13.6. The van der Waals surface area contributed by atoms with E-state index in [2.05, 4.69) is 10.6 Å². The van der Waals surface area contributed by atoms with Crippen molar-refractivity contribution in [2.75, 3.05) is 25.2 Å². The first-order valence-electron chi connectivity index (χ1n) is 7.45. The smallest absolute Gasteiger partial charge is 0.238 e. The molecule has 0 unspecified atom stereocenters. The summed E-state index contributed by atoms with van der Waals surface area (Å²) in [5.74, 6) is 0.758. The lowest BCUT2D eigenvalue weighted by Gasteiger charge is -2.17. The van der Waals surface area contributed by atoms with E-state index >= 15 is 0 Å². The summed E-state index contributed by atoms with van der Waals surface area (Å²) in [4.78, 5) is 13.2. The lowest BCUT2D eigenvalue weighted by molar-refractivity contribution is -0.115. The van der Waals surface area contributed by atoms with Crippen LogP contribution in [0.4, 0.5) is 5.69 Å². The molecule has 0 aliphatic carbocycles. The van der Waals surface area contributed by atoms with Crippen molar-refractivity contribution in [3.05, 3.63) is 54.1 Å². The Bertz CT molecular complexity index is 661. The topological polar surface area (TPSA) is 50.4 Å². The third-order valence-corrected chi connectivity index (χ3v) is 4.35. The summed E-state index contributed by atoms with van der Waals surface area (Å²) in [5, 5.41) is 6.18. The van der Waals surface area contributed by atoms with Crippen molar-refractivity contribution in [2.24, 2.45) is 0 Å². The van der Waals surface area contributed by atoms with E-state index in [4.69, 9.17) is 4.74 Å². The Kier molecular flexibility index (Phi) is 6.50. The van der Waals surface area contributed by atoms with Crippen LogP contribution in [0.25, 0.3) is 0 Å². The van der Waals surface area contributed by atoms with Crippen LogP contribution in [0.15, 0.2) is 53.4 Å². The van der Waals surface area contributed by atoms with Gasteiger partial charge in [-0.3, -0.25) is 4.79 Å². The van der Waals surface area contributed by atoms with Gasteiger partial charge < -0.3 is 15.4 Å². The number of thioether (sulfide) groups is 1. The fourth-order valence-electron chi connectivity index (χ4n) is 2.32. The number of carbonyl (C=O) groups is 1. The Morgan fingerprint density at radius 3 is 2.61 bits per heavy atom. The van der Waals surface area contributed by atoms with E-state index in [-0.39, 0.29) is 18.5 Å². The highest BCUT2D eigenvalue weighted by atomic mass is 32.2. The third-order valence-electron chi connectivity index (χ3n) is 3.56. The molecule has 0 heterocycles. The highest BCUT2D eigenvalue weighted by Gasteiger charge is 2.12. The zero-order valence-corrected chi connectivity index (χ0v) is 14.4. The summed E-state index contributed by atoms with van der Waals surface area (Å²) in [6.07, 6.45) is 1.99. The molecule has 0 aliphatic heterocycles. The molecule has 122 valence electrons. The van der Waals surface area contributed by atoms with Crippen LogP contribution in [0.3, 0.4) is 0 Å². The molecule has 4 nitrogen and oxygen atoms in total. The number of rotatable bonds is 7. The second kappa shape index (κ2) is 8.60. The molecule has 2 aromatic rings. The standard InChI is InChI=1S/C18H22N2O2S/c1-13(14-8-4-6-10-16(14)22-2)19-12-18(21)20-15-9-5-7-11-17(15)23-3/h4-11,13,19H,12H2,1-3H3,(H,20,21)/t13-/m1/s1. The number of para-hydroxylation sites is 2. The molecule has 0 bridgehead atoms. The Morgan fingerprint density at radius 2 is 1.87 bits per heavy atom. The van der Waals surface area contributed by atoms with E-state index in [0.29, 0.717) is 0 Å². The van der Waals surface area contributed by atoms with Gasteiger partial charge in [-0.2, -0.15) is 0 Å². The second-order valence-corrected chi connectivity index (χ2v) is 5.94. The monoisotopic (exact) mass is 330 g/mol. The highest BCUT2D eigenvalue weighted by molar-refractivity contribution is 7.98. The molecule has 1 atom stereocenters. The predicted octanol–water partition coefficient (Wildman–Crippen LogP) is 3.71. The molecule has 2 rings (SSSR count). The van der Waals surface area contributed by atoms with Gasteiger partial charge in [0.05, 0.1) is 19.3 Å². The van der Waals surface area contributed by atoms with E-state index in [9.17, 15) is 4.79 Å². The van der Waals surface area contributed by atoms with Crippen molar-refractivity contribution in [1.82, 2.24) is 5.32 Å². The molecule has 1 amide bonds. The first kappa shape index (κ1) is 17.4. The molecule has 0 saturated heterocycles.